The second kappa shape index (κ2) is 5.92. The molecule has 0 atom stereocenters. The molecule has 4 nitrogen and oxygen atoms in total. The Kier molecular flexibility index (Phi) is 3.98. The van der Waals surface area contributed by atoms with Gasteiger partial charge in [0.05, 0.1) is 5.69 Å². The summed E-state index contributed by atoms with van der Waals surface area (Å²) in [5, 5.41) is 1.28. The van der Waals surface area contributed by atoms with Gasteiger partial charge in [-0.25, -0.2) is 5.01 Å². The van der Waals surface area contributed by atoms with Crippen molar-refractivity contribution < 1.29 is 9.59 Å². The zero-order valence-electron chi connectivity index (χ0n) is 11.8. The number of carbonyl (C=O) groups excluding carboxylic acids is 2. The van der Waals surface area contributed by atoms with Gasteiger partial charge in [-0.2, -0.15) is 0 Å². The van der Waals surface area contributed by atoms with Crippen molar-refractivity contribution in [3.63, 3.8) is 0 Å². The quantitative estimate of drug-likeness (QED) is 0.475. The maximum atomic E-state index is 12.4. The highest BCUT2D eigenvalue weighted by Crippen LogP contribution is 2.22. The van der Waals surface area contributed by atoms with Crippen LogP contribution in [0.4, 0.5) is 5.69 Å². The highest BCUT2D eigenvalue weighted by atomic mass is 127. The molecule has 0 unspecified atom stereocenters. The molecule has 2 aromatic carbocycles. The van der Waals surface area contributed by atoms with Crippen LogP contribution in [0.25, 0.3) is 6.08 Å². The summed E-state index contributed by atoms with van der Waals surface area (Å²) in [5.74, 6) is -0.726. The number of hydrazine groups is 1. The number of halogens is 1. The predicted molar refractivity (Wildman–Crippen MR) is 93.9 cm³/mol. The third-order valence-corrected chi connectivity index (χ3v) is 4.08. The van der Waals surface area contributed by atoms with Gasteiger partial charge in [-0.1, -0.05) is 29.8 Å². The fraction of sp³-hybridized carbons (Fsp3) is 0.0588. The summed E-state index contributed by atoms with van der Waals surface area (Å²) in [6.07, 6.45) is 1.61. The third-order valence-electron chi connectivity index (χ3n) is 3.36. The number of aryl methyl sites for hydroxylation is 1. The number of amides is 2. The molecule has 22 heavy (non-hydrogen) atoms. The van der Waals surface area contributed by atoms with E-state index in [1.54, 1.807) is 18.2 Å². The van der Waals surface area contributed by atoms with Gasteiger partial charge < -0.3 is 0 Å². The maximum absolute atomic E-state index is 12.4. The summed E-state index contributed by atoms with van der Waals surface area (Å²) in [6.45, 7) is 1.99. The van der Waals surface area contributed by atoms with Crippen molar-refractivity contribution in [2.24, 2.45) is 0 Å². The van der Waals surface area contributed by atoms with E-state index >= 15 is 0 Å². The Morgan fingerprint density at radius 3 is 2.27 bits per heavy atom. The van der Waals surface area contributed by atoms with E-state index in [9.17, 15) is 9.59 Å². The minimum absolute atomic E-state index is 0.141. The molecule has 5 heteroatoms. The fourth-order valence-electron chi connectivity index (χ4n) is 2.16. The molecule has 0 aromatic heterocycles. The van der Waals surface area contributed by atoms with Gasteiger partial charge >= 0.3 is 0 Å². The van der Waals surface area contributed by atoms with Crippen LogP contribution >= 0.6 is 22.6 Å². The monoisotopic (exact) mass is 404 g/mol. The van der Waals surface area contributed by atoms with Gasteiger partial charge in [-0.15, -0.1) is 0 Å². The van der Waals surface area contributed by atoms with Gasteiger partial charge in [0.2, 0.25) is 0 Å². The van der Waals surface area contributed by atoms with Crippen LogP contribution in [0.2, 0.25) is 0 Å². The second-order valence-electron chi connectivity index (χ2n) is 5.03. The summed E-state index contributed by atoms with van der Waals surface area (Å²) in [7, 11) is 0. The second-order valence-corrected chi connectivity index (χ2v) is 6.27. The lowest BCUT2D eigenvalue weighted by molar-refractivity contribution is -0.117. The van der Waals surface area contributed by atoms with E-state index in [1.165, 1.54) is 5.01 Å². The molecule has 0 saturated carbocycles. The standard InChI is InChI=1S/C17H13IN2O2/c1-11-2-4-12(5-3-11)10-15-16(21)19-20(17(15)22)14-8-6-13(18)7-9-14/h2-10H,1H3,(H,19,21)/b15-10+. The number of hydrogen-bond acceptors (Lipinski definition) is 2. The number of nitrogens with zero attached hydrogens (tertiary/aromatic N) is 1. The fourth-order valence-corrected chi connectivity index (χ4v) is 2.52. The first-order chi connectivity index (χ1) is 10.5. The van der Waals surface area contributed by atoms with E-state index in [1.807, 2.05) is 43.3 Å². The highest BCUT2D eigenvalue weighted by Gasteiger charge is 2.34. The molecule has 0 radical (unpaired) electrons. The Hall–Kier alpha value is -2.15. The van der Waals surface area contributed by atoms with Crippen molar-refractivity contribution in [3.05, 3.63) is 68.8 Å². The Balaban J connectivity index is 1.91. The summed E-state index contributed by atoms with van der Waals surface area (Å²) in [4.78, 5) is 24.5. The average molecular weight is 404 g/mol. The first kappa shape index (κ1) is 14.8. The highest BCUT2D eigenvalue weighted by molar-refractivity contribution is 14.1. The van der Waals surface area contributed by atoms with Crippen LogP contribution in [0.15, 0.2) is 54.1 Å². The van der Waals surface area contributed by atoms with E-state index in [0.29, 0.717) is 5.69 Å². The number of benzene rings is 2. The molecule has 1 aliphatic rings. The molecular formula is C17H13IN2O2. The number of rotatable bonds is 2. The summed E-state index contributed by atoms with van der Waals surface area (Å²) < 4.78 is 1.06. The SMILES string of the molecule is Cc1ccc(/C=C2\C(=O)NN(c3ccc(I)cc3)C2=O)cc1. The Labute approximate surface area is 141 Å². The van der Waals surface area contributed by atoms with E-state index in [4.69, 9.17) is 0 Å². The van der Waals surface area contributed by atoms with Crippen molar-refractivity contribution in [1.29, 1.82) is 0 Å². The molecule has 1 heterocycles. The van der Waals surface area contributed by atoms with Crippen molar-refractivity contribution in [1.82, 2.24) is 5.43 Å². The van der Waals surface area contributed by atoms with Crippen molar-refractivity contribution >= 4 is 46.2 Å². The van der Waals surface area contributed by atoms with E-state index in [2.05, 4.69) is 28.0 Å². The zero-order valence-corrected chi connectivity index (χ0v) is 14.0. The smallest absolute Gasteiger partial charge is 0.267 e. The number of nitrogens with one attached hydrogen (secondary N) is 1. The maximum Gasteiger partial charge on any atom is 0.282 e. The van der Waals surface area contributed by atoms with Gasteiger partial charge in [0, 0.05) is 3.57 Å². The summed E-state index contributed by atoms with van der Waals surface area (Å²) >= 11 is 2.19. The molecule has 1 fully saturated rings. The Morgan fingerprint density at radius 2 is 1.64 bits per heavy atom. The molecule has 0 aliphatic carbocycles. The van der Waals surface area contributed by atoms with E-state index in [0.717, 1.165) is 14.7 Å². The molecule has 0 bridgehead atoms. The number of carbonyl (C=O) groups is 2. The van der Waals surface area contributed by atoms with E-state index in [-0.39, 0.29) is 17.4 Å². The van der Waals surface area contributed by atoms with Crippen molar-refractivity contribution in [3.8, 4) is 0 Å². The first-order valence-corrected chi connectivity index (χ1v) is 7.82. The minimum atomic E-state index is -0.385. The summed E-state index contributed by atoms with van der Waals surface area (Å²) in [6, 6.07) is 15.0. The van der Waals surface area contributed by atoms with E-state index < -0.39 is 0 Å². The third kappa shape index (κ3) is 2.89. The van der Waals surface area contributed by atoms with Crippen LogP contribution < -0.4 is 10.4 Å². The molecule has 110 valence electrons. The lowest BCUT2D eigenvalue weighted by Gasteiger charge is -2.14. The van der Waals surface area contributed by atoms with Crippen molar-refractivity contribution in [2.75, 3.05) is 5.01 Å². The normalized spacial score (nSPS) is 16.3. The van der Waals surface area contributed by atoms with Crippen LogP contribution in [0.5, 0.6) is 0 Å². The molecule has 2 amide bonds. The molecule has 2 aromatic rings. The van der Waals surface area contributed by atoms with Gasteiger partial charge in [0.15, 0.2) is 0 Å². The average Bonchev–Trinajstić information content (AvgIpc) is 2.78. The largest absolute Gasteiger partial charge is 0.282 e. The zero-order chi connectivity index (χ0) is 15.7. The lowest BCUT2D eigenvalue weighted by Crippen LogP contribution is -2.35. The van der Waals surface area contributed by atoms with Crippen LogP contribution in [0.1, 0.15) is 11.1 Å². The molecule has 1 aliphatic heterocycles. The molecule has 3 rings (SSSR count). The Bertz CT molecular complexity index is 764. The predicted octanol–water partition coefficient (Wildman–Crippen LogP) is 3.06. The molecule has 0 spiro atoms. The van der Waals surface area contributed by atoms with Gasteiger partial charge in [0.25, 0.3) is 11.8 Å². The van der Waals surface area contributed by atoms with Crippen LogP contribution in [0.3, 0.4) is 0 Å². The number of anilines is 1. The minimum Gasteiger partial charge on any atom is -0.267 e. The van der Waals surface area contributed by atoms with Crippen LogP contribution in [-0.4, -0.2) is 11.8 Å². The summed E-state index contributed by atoms with van der Waals surface area (Å²) in [5.41, 5.74) is 5.34. The van der Waals surface area contributed by atoms with Crippen LogP contribution in [-0.2, 0) is 9.59 Å². The topological polar surface area (TPSA) is 49.4 Å². The number of hydrogen-bond donors (Lipinski definition) is 1. The molecule has 1 N–H and O–H groups in total. The lowest BCUT2D eigenvalue weighted by atomic mass is 10.1. The molecule has 1 saturated heterocycles. The van der Waals surface area contributed by atoms with Crippen molar-refractivity contribution in [2.45, 2.75) is 6.92 Å². The Morgan fingerprint density at radius 1 is 1.00 bits per heavy atom. The first-order valence-electron chi connectivity index (χ1n) is 6.74. The van der Waals surface area contributed by atoms with Gasteiger partial charge in [0.1, 0.15) is 5.57 Å². The van der Waals surface area contributed by atoms with Crippen LogP contribution in [0, 0.1) is 10.5 Å². The van der Waals surface area contributed by atoms with Gasteiger partial charge in [-0.3, -0.25) is 15.0 Å². The van der Waals surface area contributed by atoms with Gasteiger partial charge in [-0.05, 0) is 65.4 Å². The molecular weight excluding hydrogens is 391 g/mol.